The molecule has 0 fully saturated rings. The van der Waals surface area contributed by atoms with Gasteiger partial charge in [0.15, 0.2) is 0 Å². The minimum Gasteiger partial charge on any atom is -0.550 e. The van der Waals surface area contributed by atoms with Gasteiger partial charge in [-0.3, -0.25) is 0 Å². The Hall–Kier alpha value is 3.12. The topological polar surface area (TPSA) is 267 Å². The summed E-state index contributed by atoms with van der Waals surface area (Å²) >= 11 is 0. The van der Waals surface area contributed by atoms with E-state index in [-0.39, 0.29) is 176 Å². The second-order valence-corrected chi connectivity index (χ2v) is 2.42. The van der Waals surface area contributed by atoms with Crippen LogP contribution >= 0.6 is 0 Å². The standard InChI is InChI=1S/C6H8O7.3K.4H2O/c7-3(8)1-6(13,5(11)12)2-4(9)10;;;;;;;/h13H,1-2H2,(H,7,8)(H,9,10)(H,11,12);;;;4*1H2/q;3*+1;;;;/p-3. The average molecular weight is 378 g/mol. The molecule has 0 heterocycles. The summed E-state index contributed by atoms with van der Waals surface area (Å²) < 4.78 is 0. The maximum absolute atomic E-state index is 10.1. The number of carboxylic acid groups (broad SMARTS) is 3. The smallest absolute Gasteiger partial charge is 0.550 e. The first-order valence-electron chi connectivity index (χ1n) is 3.11. The van der Waals surface area contributed by atoms with Gasteiger partial charge in [-0.1, -0.05) is 0 Å². The van der Waals surface area contributed by atoms with Crippen LogP contribution in [0.25, 0.3) is 0 Å². The van der Waals surface area contributed by atoms with Gasteiger partial charge in [-0.25, -0.2) is 0 Å². The fourth-order valence-electron chi connectivity index (χ4n) is 0.684. The molecular weight excluding hydrogens is 365 g/mol. The van der Waals surface area contributed by atoms with Crippen molar-refractivity contribution < 1.29 is 211 Å². The molecule has 0 atom stereocenters. The Bertz CT molecular complexity index is 243. The second-order valence-electron chi connectivity index (χ2n) is 2.42. The molecule has 11 nitrogen and oxygen atoms in total. The van der Waals surface area contributed by atoms with Crippen molar-refractivity contribution in [2.45, 2.75) is 18.4 Å². The molecule has 0 spiro atoms. The minimum absolute atomic E-state index is 0. The molecule has 20 heavy (non-hydrogen) atoms. The molecule has 14 heteroatoms. The molecule has 0 aromatic heterocycles. The Balaban J connectivity index is -0.0000000343. The van der Waals surface area contributed by atoms with Crippen molar-refractivity contribution in [3.05, 3.63) is 0 Å². The number of rotatable bonds is 5. The third-order valence-electron chi connectivity index (χ3n) is 1.25. The first kappa shape index (κ1) is 49.5. The van der Waals surface area contributed by atoms with E-state index in [0.29, 0.717) is 0 Å². The van der Waals surface area contributed by atoms with Crippen molar-refractivity contribution in [2.75, 3.05) is 0 Å². The van der Waals surface area contributed by atoms with E-state index in [9.17, 15) is 29.7 Å². The van der Waals surface area contributed by atoms with E-state index in [1.165, 1.54) is 0 Å². The third-order valence-corrected chi connectivity index (χ3v) is 1.25. The number of carbonyl (C=O) groups is 3. The number of carboxylic acids is 3. The zero-order valence-electron chi connectivity index (χ0n) is 11.3. The third kappa shape index (κ3) is 23.4. The summed E-state index contributed by atoms with van der Waals surface area (Å²) in [4.78, 5) is 30.0. The molecule has 0 bridgehead atoms. The van der Waals surface area contributed by atoms with Crippen LogP contribution in [0, 0.1) is 0 Å². The van der Waals surface area contributed by atoms with Crippen LogP contribution < -0.4 is 169 Å². The summed E-state index contributed by atoms with van der Waals surface area (Å²) in [5.74, 6) is -5.98. The zero-order valence-corrected chi connectivity index (χ0v) is 20.7. The van der Waals surface area contributed by atoms with E-state index >= 15 is 0 Å². The Morgan fingerprint density at radius 3 is 1.05 bits per heavy atom. The molecule has 0 aliphatic heterocycles. The van der Waals surface area contributed by atoms with Crippen molar-refractivity contribution in [1.82, 2.24) is 0 Å². The van der Waals surface area contributed by atoms with Crippen LogP contribution in [0.1, 0.15) is 12.8 Å². The maximum Gasteiger partial charge on any atom is 1.00 e. The van der Waals surface area contributed by atoms with Gasteiger partial charge >= 0.3 is 154 Å². The molecule has 0 aromatic rings. The second kappa shape index (κ2) is 24.4. The fourth-order valence-corrected chi connectivity index (χ4v) is 0.684. The van der Waals surface area contributed by atoms with Crippen LogP contribution in [-0.4, -0.2) is 50.5 Å². The van der Waals surface area contributed by atoms with Gasteiger partial charge < -0.3 is 56.7 Å². The molecule has 9 N–H and O–H groups in total. The van der Waals surface area contributed by atoms with Crippen LogP contribution in [0.3, 0.4) is 0 Å². The zero-order chi connectivity index (χ0) is 10.6. The summed E-state index contributed by atoms with van der Waals surface area (Å²) in [6.45, 7) is 0. The van der Waals surface area contributed by atoms with Gasteiger partial charge in [0.2, 0.25) is 0 Å². The van der Waals surface area contributed by atoms with Gasteiger partial charge in [0.25, 0.3) is 0 Å². The van der Waals surface area contributed by atoms with Gasteiger partial charge in [0.05, 0.1) is 5.97 Å². The number of hydrogen-bond donors (Lipinski definition) is 1. The summed E-state index contributed by atoms with van der Waals surface area (Å²) in [7, 11) is 0. The summed E-state index contributed by atoms with van der Waals surface area (Å²) in [5, 5.41) is 38.9. The summed E-state index contributed by atoms with van der Waals surface area (Å²) in [6, 6.07) is 0. The number of aliphatic carboxylic acids is 3. The Morgan fingerprint density at radius 2 is 0.950 bits per heavy atom. The van der Waals surface area contributed by atoms with Gasteiger partial charge in [-0.15, -0.1) is 0 Å². The molecule has 0 saturated carbocycles. The van der Waals surface area contributed by atoms with Crippen molar-refractivity contribution in [2.24, 2.45) is 0 Å². The number of aliphatic hydroxyl groups is 1. The van der Waals surface area contributed by atoms with Gasteiger partial charge in [0.1, 0.15) is 5.60 Å². The molecule has 0 saturated heterocycles. The van der Waals surface area contributed by atoms with Crippen LogP contribution in [-0.2, 0) is 14.4 Å². The molecule has 0 aromatic carbocycles. The van der Waals surface area contributed by atoms with Crippen molar-refractivity contribution in [3.63, 3.8) is 0 Å². The van der Waals surface area contributed by atoms with Gasteiger partial charge in [-0.05, 0) is 0 Å². The molecule has 0 rings (SSSR count). The Morgan fingerprint density at radius 1 is 0.750 bits per heavy atom. The predicted octanol–water partition coefficient (Wildman–Crippen LogP) is -17.5. The van der Waals surface area contributed by atoms with E-state index < -0.39 is 36.4 Å². The largest absolute Gasteiger partial charge is 1.00 e. The fraction of sp³-hybridized carbons (Fsp3) is 0.500. The molecule has 0 radical (unpaired) electrons. The SMILES string of the molecule is O.O.O.O.O=C([O-])CC(O)(CC(=O)[O-])C(=O)[O-].[K+].[K+].[K+]. The first-order chi connectivity index (χ1) is 5.78. The Labute approximate surface area is 241 Å². The van der Waals surface area contributed by atoms with E-state index in [1.807, 2.05) is 0 Å². The van der Waals surface area contributed by atoms with Crippen molar-refractivity contribution >= 4 is 17.9 Å². The van der Waals surface area contributed by atoms with Crippen LogP contribution in [0.15, 0.2) is 0 Å². The van der Waals surface area contributed by atoms with Crippen LogP contribution in [0.4, 0.5) is 0 Å². The van der Waals surface area contributed by atoms with E-state index in [0.717, 1.165) is 0 Å². The number of hydrogen-bond acceptors (Lipinski definition) is 7. The van der Waals surface area contributed by atoms with Gasteiger partial charge in [0, 0.05) is 24.8 Å². The Kier molecular flexibility index (Phi) is 60.3. The van der Waals surface area contributed by atoms with Crippen molar-refractivity contribution in [3.8, 4) is 0 Å². The van der Waals surface area contributed by atoms with Gasteiger partial charge in [-0.2, -0.15) is 0 Å². The first-order valence-corrected chi connectivity index (χ1v) is 3.11. The minimum atomic E-state index is -2.97. The van der Waals surface area contributed by atoms with Crippen LogP contribution in [0.5, 0.6) is 0 Å². The summed E-state index contributed by atoms with van der Waals surface area (Å²) in [6.07, 6.45) is -2.72. The average Bonchev–Trinajstić information content (AvgIpc) is 1.82. The molecule has 106 valence electrons. The normalized spacial score (nSPS) is 7.05. The van der Waals surface area contributed by atoms with Crippen LogP contribution in [0.2, 0.25) is 0 Å². The summed E-state index contributed by atoms with van der Waals surface area (Å²) in [5.41, 5.74) is -2.97. The molecule has 0 unspecified atom stereocenters. The predicted molar refractivity (Wildman–Crippen MR) is 43.7 cm³/mol. The van der Waals surface area contributed by atoms with E-state index in [4.69, 9.17) is 5.11 Å². The van der Waals surface area contributed by atoms with E-state index in [2.05, 4.69) is 0 Å². The number of carbonyl (C=O) groups excluding carboxylic acids is 3. The molecule has 0 aliphatic rings. The maximum atomic E-state index is 10.1. The quantitative estimate of drug-likeness (QED) is 0.450. The van der Waals surface area contributed by atoms with E-state index in [1.54, 1.807) is 0 Å². The molecule has 0 amide bonds. The van der Waals surface area contributed by atoms with Crippen molar-refractivity contribution in [1.29, 1.82) is 0 Å². The molecule has 0 aliphatic carbocycles. The monoisotopic (exact) mass is 378 g/mol. The molecular formula is C6H13K3O11.